The van der Waals surface area contributed by atoms with Gasteiger partial charge in [-0.3, -0.25) is 0 Å². The van der Waals surface area contributed by atoms with Gasteiger partial charge in [-0.05, 0) is 5.57 Å². The molecule has 2 atom stereocenters. The van der Waals surface area contributed by atoms with Crippen molar-refractivity contribution in [2.75, 3.05) is 18.1 Å². The van der Waals surface area contributed by atoms with Gasteiger partial charge in [0.05, 0.1) is 25.3 Å². The third kappa shape index (κ3) is 2.47. The maximum absolute atomic E-state index is 12.4. The Morgan fingerprint density at radius 1 is 1.45 bits per heavy atom. The molecule has 0 saturated carbocycles. The van der Waals surface area contributed by atoms with E-state index in [2.05, 4.69) is 16.5 Å². The summed E-state index contributed by atoms with van der Waals surface area (Å²) in [5, 5.41) is 0.00329. The Morgan fingerprint density at radius 2 is 2.20 bits per heavy atom. The van der Waals surface area contributed by atoms with E-state index >= 15 is 0 Å². The zero-order valence-electron chi connectivity index (χ0n) is 10.3. The molecule has 2 saturated heterocycles. The molecular weight excluding hydrogens is 295 g/mol. The quantitative estimate of drug-likeness (QED) is 0.621. The van der Waals surface area contributed by atoms with Crippen LogP contribution in [0.1, 0.15) is 5.82 Å². The summed E-state index contributed by atoms with van der Waals surface area (Å²) in [6, 6.07) is 1.42. The minimum Gasteiger partial charge on any atom is -0.369 e. The fourth-order valence-electron chi connectivity index (χ4n) is 2.51. The fraction of sp³-hybridized carbons (Fsp3) is 0.500. The van der Waals surface area contributed by atoms with Crippen molar-refractivity contribution >= 4 is 17.4 Å². The van der Waals surface area contributed by atoms with Crippen molar-refractivity contribution in [3.8, 4) is 0 Å². The Morgan fingerprint density at radius 3 is 2.75 bits per heavy atom. The molecule has 4 nitrogen and oxygen atoms in total. The molecule has 20 heavy (non-hydrogen) atoms. The van der Waals surface area contributed by atoms with E-state index in [0.29, 0.717) is 19.0 Å². The number of hydrogen-bond acceptors (Lipinski definition) is 4. The number of anilines is 1. The topological polar surface area (TPSA) is 38.2 Å². The van der Waals surface area contributed by atoms with Crippen molar-refractivity contribution in [1.29, 1.82) is 0 Å². The van der Waals surface area contributed by atoms with Crippen molar-refractivity contribution in [3.63, 3.8) is 0 Å². The van der Waals surface area contributed by atoms with Crippen molar-refractivity contribution < 1.29 is 17.9 Å². The molecule has 3 rings (SSSR count). The zero-order chi connectivity index (χ0) is 14.5. The second-order valence-corrected chi connectivity index (χ2v) is 5.21. The molecule has 2 fully saturated rings. The van der Waals surface area contributed by atoms with Gasteiger partial charge in [0.2, 0.25) is 0 Å². The third-order valence-corrected chi connectivity index (χ3v) is 3.61. The lowest BCUT2D eigenvalue weighted by molar-refractivity contribution is -0.128. The van der Waals surface area contributed by atoms with Crippen LogP contribution in [-0.2, 0) is 11.2 Å². The molecule has 8 heteroatoms. The van der Waals surface area contributed by atoms with Crippen molar-refractivity contribution in [2.24, 2.45) is 0 Å². The number of nitrogens with zero attached hydrogens (tertiary/aromatic N) is 3. The molecule has 1 aromatic rings. The first-order chi connectivity index (χ1) is 9.33. The standard InChI is InChI=1S/C12H11ClF3N3O/c1-6-7-5-20-8(6)4-19(7)11-2-9(13)17-10(18-11)3-12(14,15)16/h2,7-8H,1,3-5H2/t7-,8-/m1/s1. The molecule has 0 radical (unpaired) electrons. The lowest BCUT2D eigenvalue weighted by Crippen LogP contribution is -2.37. The zero-order valence-corrected chi connectivity index (χ0v) is 11.1. The van der Waals surface area contributed by atoms with Crippen LogP contribution < -0.4 is 4.90 Å². The van der Waals surface area contributed by atoms with Crippen molar-refractivity contribution in [1.82, 2.24) is 9.97 Å². The normalized spacial score (nSPS) is 25.6. The molecule has 0 N–H and O–H groups in total. The number of morpholine rings is 1. The predicted molar refractivity (Wildman–Crippen MR) is 66.8 cm³/mol. The van der Waals surface area contributed by atoms with Gasteiger partial charge in [0.15, 0.2) is 0 Å². The summed E-state index contributed by atoms with van der Waals surface area (Å²) < 4.78 is 42.7. The van der Waals surface area contributed by atoms with Crippen molar-refractivity contribution in [3.05, 3.63) is 29.2 Å². The summed E-state index contributed by atoms with van der Waals surface area (Å²) in [5.74, 6) is 0.0653. The van der Waals surface area contributed by atoms with Crippen LogP contribution in [0.25, 0.3) is 0 Å². The smallest absolute Gasteiger partial charge is 0.369 e. The number of alkyl halides is 3. The first kappa shape index (κ1) is 13.6. The second kappa shape index (κ2) is 4.60. The van der Waals surface area contributed by atoms with Gasteiger partial charge in [0.25, 0.3) is 0 Å². The molecule has 0 spiro atoms. The van der Waals surface area contributed by atoms with Gasteiger partial charge in [0, 0.05) is 6.07 Å². The molecule has 108 valence electrons. The molecular formula is C12H11ClF3N3O. The highest BCUT2D eigenvalue weighted by atomic mass is 35.5. The number of fused-ring (bicyclic) bond motifs is 2. The third-order valence-electron chi connectivity index (χ3n) is 3.42. The monoisotopic (exact) mass is 305 g/mol. The fourth-order valence-corrected chi connectivity index (χ4v) is 2.71. The number of halogens is 4. The van der Waals surface area contributed by atoms with Crippen LogP contribution in [0.5, 0.6) is 0 Å². The first-order valence-corrected chi connectivity index (χ1v) is 6.38. The van der Waals surface area contributed by atoms with Crippen LogP contribution in [0, 0.1) is 0 Å². The van der Waals surface area contributed by atoms with Gasteiger partial charge in [-0.2, -0.15) is 13.2 Å². The largest absolute Gasteiger partial charge is 0.396 e. The number of aromatic nitrogens is 2. The summed E-state index contributed by atoms with van der Waals surface area (Å²) in [6.07, 6.45) is -5.64. The molecule has 2 aliphatic rings. The highest BCUT2D eigenvalue weighted by Crippen LogP contribution is 2.35. The summed E-state index contributed by atoms with van der Waals surface area (Å²) in [5.41, 5.74) is 0.928. The molecule has 0 aromatic carbocycles. The van der Waals surface area contributed by atoms with Gasteiger partial charge >= 0.3 is 6.18 Å². The van der Waals surface area contributed by atoms with E-state index in [4.69, 9.17) is 16.3 Å². The van der Waals surface area contributed by atoms with E-state index in [0.717, 1.165) is 5.57 Å². The maximum Gasteiger partial charge on any atom is 0.396 e. The maximum atomic E-state index is 12.4. The Kier molecular flexibility index (Phi) is 3.13. The summed E-state index contributed by atoms with van der Waals surface area (Å²) in [4.78, 5) is 9.46. The minimum atomic E-state index is -4.36. The van der Waals surface area contributed by atoms with E-state index in [1.165, 1.54) is 6.07 Å². The Balaban J connectivity index is 1.89. The van der Waals surface area contributed by atoms with Crippen LogP contribution in [0.15, 0.2) is 18.2 Å². The van der Waals surface area contributed by atoms with Crippen LogP contribution in [0.3, 0.4) is 0 Å². The molecule has 0 unspecified atom stereocenters. The lowest BCUT2D eigenvalue weighted by atomic mass is 10.1. The molecule has 1 aromatic heterocycles. The molecule has 0 amide bonds. The van der Waals surface area contributed by atoms with Gasteiger partial charge in [-0.15, -0.1) is 0 Å². The summed E-state index contributed by atoms with van der Waals surface area (Å²) in [7, 11) is 0. The van der Waals surface area contributed by atoms with Crippen LogP contribution in [0.4, 0.5) is 19.0 Å². The van der Waals surface area contributed by atoms with Gasteiger partial charge in [-0.1, -0.05) is 18.2 Å². The Hall–Kier alpha value is -1.34. The average molecular weight is 306 g/mol. The predicted octanol–water partition coefficient (Wildman–Crippen LogP) is 2.38. The van der Waals surface area contributed by atoms with E-state index < -0.39 is 12.6 Å². The highest BCUT2D eigenvalue weighted by Gasteiger charge is 2.43. The van der Waals surface area contributed by atoms with E-state index in [9.17, 15) is 13.2 Å². The van der Waals surface area contributed by atoms with Gasteiger partial charge < -0.3 is 9.64 Å². The molecule has 3 heterocycles. The van der Waals surface area contributed by atoms with Crippen LogP contribution in [-0.4, -0.2) is 41.4 Å². The van der Waals surface area contributed by atoms with E-state index in [1.807, 2.05) is 4.90 Å². The number of ether oxygens (including phenoxy) is 1. The van der Waals surface area contributed by atoms with Crippen LogP contribution >= 0.6 is 11.6 Å². The second-order valence-electron chi connectivity index (χ2n) is 4.82. The Labute approximate surface area is 118 Å². The van der Waals surface area contributed by atoms with Crippen LogP contribution in [0.2, 0.25) is 5.15 Å². The number of hydrogen-bond donors (Lipinski definition) is 0. The Bertz CT molecular complexity index is 563. The average Bonchev–Trinajstić information content (AvgIpc) is 2.82. The lowest BCUT2D eigenvalue weighted by Gasteiger charge is -2.27. The summed E-state index contributed by atoms with van der Waals surface area (Å²) >= 11 is 5.80. The van der Waals surface area contributed by atoms with Gasteiger partial charge in [-0.25, -0.2) is 9.97 Å². The molecule has 0 aliphatic carbocycles. The van der Waals surface area contributed by atoms with Gasteiger partial charge in [0.1, 0.15) is 23.2 Å². The SMILES string of the molecule is C=C1[C@H]2CO[C@@H]1CN2c1cc(Cl)nc(CC(F)(F)F)n1. The summed E-state index contributed by atoms with van der Waals surface area (Å²) in [6.45, 7) is 4.94. The highest BCUT2D eigenvalue weighted by molar-refractivity contribution is 6.29. The number of rotatable bonds is 2. The van der Waals surface area contributed by atoms with E-state index in [-0.39, 0.29) is 23.1 Å². The van der Waals surface area contributed by atoms with E-state index in [1.54, 1.807) is 0 Å². The first-order valence-electron chi connectivity index (χ1n) is 6.00. The molecule has 2 bridgehead atoms. The minimum absolute atomic E-state index is 0.00329. The molecule has 2 aliphatic heterocycles. The van der Waals surface area contributed by atoms with Crippen molar-refractivity contribution in [2.45, 2.75) is 24.7 Å².